The lowest BCUT2D eigenvalue weighted by Gasteiger charge is -2.20. The Balaban J connectivity index is 1.76. The molecular formula is C18H18ClN3O4. The molecule has 1 N–H and O–H groups in total. The summed E-state index contributed by atoms with van der Waals surface area (Å²) in [7, 11) is 3.08. The summed E-state index contributed by atoms with van der Waals surface area (Å²) in [5, 5.41) is 3.19. The van der Waals surface area contributed by atoms with E-state index in [0.717, 1.165) is 0 Å². The van der Waals surface area contributed by atoms with Crippen LogP contribution in [0.3, 0.4) is 0 Å². The van der Waals surface area contributed by atoms with Gasteiger partial charge in [0, 0.05) is 25.2 Å². The Kier molecular flexibility index (Phi) is 5.27. The van der Waals surface area contributed by atoms with E-state index in [2.05, 4.69) is 10.3 Å². The summed E-state index contributed by atoms with van der Waals surface area (Å²) in [5.74, 6) is 0.630. The lowest BCUT2D eigenvalue weighted by molar-refractivity contribution is -0.122. The molecule has 0 spiro atoms. The van der Waals surface area contributed by atoms with Gasteiger partial charge in [-0.05, 0) is 24.3 Å². The molecule has 1 atom stereocenters. The van der Waals surface area contributed by atoms with E-state index in [4.69, 9.17) is 21.1 Å². The number of halogens is 1. The van der Waals surface area contributed by atoms with Crippen LogP contribution >= 0.6 is 11.6 Å². The molecular weight excluding hydrogens is 358 g/mol. The molecule has 1 aromatic carbocycles. The molecule has 1 fully saturated rings. The van der Waals surface area contributed by atoms with Gasteiger partial charge in [-0.15, -0.1) is 0 Å². The van der Waals surface area contributed by atoms with Gasteiger partial charge in [0.25, 0.3) is 0 Å². The highest BCUT2D eigenvalue weighted by molar-refractivity contribution is 6.30. The van der Waals surface area contributed by atoms with E-state index in [0.29, 0.717) is 28.0 Å². The smallest absolute Gasteiger partial charge is 0.230 e. The minimum atomic E-state index is -0.490. The predicted octanol–water partition coefficient (Wildman–Crippen LogP) is 2.74. The molecule has 26 heavy (non-hydrogen) atoms. The quantitative estimate of drug-likeness (QED) is 0.869. The Morgan fingerprint density at radius 3 is 2.73 bits per heavy atom. The third-order valence-electron chi connectivity index (χ3n) is 4.15. The van der Waals surface area contributed by atoms with Crippen molar-refractivity contribution in [3.05, 3.63) is 41.6 Å². The highest BCUT2D eigenvalue weighted by Gasteiger charge is 2.36. The number of carbonyl (C=O) groups is 2. The van der Waals surface area contributed by atoms with Gasteiger partial charge >= 0.3 is 0 Å². The minimum absolute atomic E-state index is 0.111. The number of rotatable bonds is 5. The standard InChI is InChI=1S/C18H18ClN3O4/c1-25-13-4-5-15(26-2)14(8-13)22-10-11(7-17(22)23)18(24)21-16-6-3-12(19)9-20-16/h3-6,8-9,11H,7,10H2,1-2H3,(H,20,21,24). The van der Waals surface area contributed by atoms with Gasteiger partial charge in [0.15, 0.2) is 0 Å². The first-order valence-electron chi connectivity index (χ1n) is 7.96. The van der Waals surface area contributed by atoms with Gasteiger partial charge in [-0.3, -0.25) is 9.59 Å². The van der Waals surface area contributed by atoms with Crippen LogP contribution in [0.2, 0.25) is 5.02 Å². The van der Waals surface area contributed by atoms with Crippen molar-refractivity contribution in [1.29, 1.82) is 0 Å². The lowest BCUT2D eigenvalue weighted by Crippen LogP contribution is -2.28. The Labute approximate surface area is 155 Å². The van der Waals surface area contributed by atoms with Crippen LogP contribution in [0.4, 0.5) is 11.5 Å². The van der Waals surface area contributed by atoms with E-state index >= 15 is 0 Å². The molecule has 1 aliphatic heterocycles. The first-order valence-corrected chi connectivity index (χ1v) is 8.34. The maximum absolute atomic E-state index is 12.5. The second kappa shape index (κ2) is 7.61. The summed E-state index contributed by atoms with van der Waals surface area (Å²) < 4.78 is 10.6. The highest BCUT2D eigenvalue weighted by atomic mass is 35.5. The van der Waals surface area contributed by atoms with E-state index in [1.165, 1.54) is 13.3 Å². The minimum Gasteiger partial charge on any atom is -0.497 e. The van der Waals surface area contributed by atoms with Crippen molar-refractivity contribution in [3.8, 4) is 11.5 Å². The Hall–Kier alpha value is -2.80. The van der Waals surface area contributed by atoms with Crippen molar-refractivity contribution < 1.29 is 19.1 Å². The summed E-state index contributed by atoms with van der Waals surface area (Å²) in [6.07, 6.45) is 1.56. The first-order chi connectivity index (χ1) is 12.5. The molecule has 0 bridgehead atoms. The van der Waals surface area contributed by atoms with Gasteiger partial charge in [-0.2, -0.15) is 0 Å². The number of nitrogens with one attached hydrogen (secondary N) is 1. The molecule has 3 rings (SSSR count). The van der Waals surface area contributed by atoms with Crippen LogP contribution in [0.25, 0.3) is 0 Å². The van der Waals surface area contributed by atoms with E-state index in [9.17, 15) is 9.59 Å². The van der Waals surface area contributed by atoms with Gasteiger partial charge in [0.2, 0.25) is 11.8 Å². The third-order valence-corrected chi connectivity index (χ3v) is 4.37. The number of carbonyl (C=O) groups excluding carboxylic acids is 2. The van der Waals surface area contributed by atoms with Crippen LogP contribution in [0.1, 0.15) is 6.42 Å². The topological polar surface area (TPSA) is 80.8 Å². The van der Waals surface area contributed by atoms with Crippen molar-refractivity contribution in [2.45, 2.75) is 6.42 Å². The molecule has 0 saturated carbocycles. The Morgan fingerprint density at radius 2 is 2.08 bits per heavy atom. The molecule has 2 aromatic rings. The van der Waals surface area contributed by atoms with Crippen molar-refractivity contribution >= 4 is 34.9 Å². The monoisotopic (exact) mass is 375 g/mol. The molecule has 2 amide bonds. The van der Waals surface area contributed by atoms with Crippen LogP contribution in [0.5, 0.6) is 11.5 Å². The second-order valence-electron chi connectivity index (χ2n) is 5.79. The number of hydrogen-bond acceptors (Lipinski definition) is 5. The van der Waals surface area contributed by atoms with Gasteiger partial charge < -0.3 is 19.7 Å². The summed E-state index contributed by atoms with van der Waals surface area (Å²) in [6, 6.07) is 8.45. The third kappa shape index (κ3) is 3.72. The predicted molar refractivity (Wildman–Crippen MR) is 97.9 cm³/mol. The van der Waals surface area contributed by atoms with E-state index < -0.39 is 5.92 Å². The molecule has 0 radical (unpaired) electrons. The van der Waals surface area contributed by atoms with Crippen molar-refractivity contribution in [2.75, 3.05) is 31.0 Å². The van der Waals surface area contributed by atoms with Gasteiger partial charge in [0.05, 0.1) is 30.8 Å². The number of ether oxygens (including phenoxy) is 2. The SMILES string of the molecule is COc1ccc(OC)c(N2CC(C(=O)Nc3ccc(Cl)cn3)CC2=O)c1. The highest BCUT2D eigenvalue weighted by Crippen LogP contribution is 2.36. The molecule has 7 nitrogen and oxygen atoms in total. The summed E-state index contributed by atoms with van der Waals surface area (Å²) in [6.45, 7) is 0.252. The lowest BCUT2D eigenvalue weighted by atomic mass is 10.1. The molecule has 1 aromatic heterocycles. The number of nitrogens with zero attached hydrogens (tertiary/aromatic N) is 2. The number of amides is 2. The van der Waals surface area contributed by atoms with Crippen molar-refractivity contribution in [2.24, 2.45) is 5.92 Å². The Morgan fingerprint density at radius 1 is 1.27 bits per heavy atom. The summed E-state index contributed by atoms with van der Waals surface area (Å²) >= 11 is 5.79. The molecule has 0 aliphatic carbocycles. The largest absolute Gasteiger partial charge is 0.497 e. The molecule has 1 saturated heterocycles. The summed E-state index contributed by atoms with van der Waals surface area (Å²) in [5.41, 5.74) is 0.580. The second-order valence-corrected chi connectivity index (χ2v) is 6.23. The van der Waals surface area contributed by atoms with Crippen molar-refractivity contribution in [3.63, 3.8) is 0 Å². The van der Waals surface area contributed by atoms with E-state index in [1.54, 1.807) is 42.3 Å². The van der Waals surface area contributed by atoms with E-state index in [-0.39, 0.29) is 24.8 Å². The Bertz CT molecular complexity index is 826. The van der Waals surface area contributed by atoms with Gasteiger partial charge in [-0.25, -0.2) is 4.98 Å². The van der Waals surface area contributed by atoms with Crippen LogP contribution in [0.15, 0.2) is 36.5 Å². The summed E-state index contributed by atoms with van der Waals surface area (Å²) in [4.78, 5) is 30.5. The fraction of sp³-hybridized carbons (Fsp3) is 0.278. The maximum atomic E-state index is 12.5. The number of benzene rings is 1. The molecule has 136 valence electrons. The van der Waals surface area contributed by atoms with Crippen LogP contribution in [-0.2, 0) is 9.59 Å². The molecule has 1 unspecified atom stereocenters. The number of anilines is 2. The number of hydrogen-bond donors (Lipinski definition) is 1. The molecule has 1 aliphatic rings. The fourth-order valence-corrected chi connectivity index (χ4v) is 2.91. The number of methoxy groups -OCH3 is 2. The van der Waals surface area contributed by atoms with Crippen LogP contribution in [-0.4, -0.2) is 37.6 Å². The zero-order valence-electron chi connectivity index (χ0n) is 14.4. The van der Waals surface area contributed by atoms with Crippen molar-refractivity contribution in [1.82, 2.24) is 4.98 Å². The van der Waals surface area contributed by atoms with Crippen LogP contribution in [0, 0.1) is 5.92 Å². The van der Waals surface area contributed by atoms with Crippen LogP contribution < -0.4 is 19.7 Å². The average molecular weight is 376 g/mol. The maximum Gasteiger partial charge on any atom is 0.230 e. The molecule has 2 heterocycles. The zero-order valence-corrected chi connectivity index (χ0v) is 15.1. The number of aromatic nitrogens is 1. The van der Waals surface area contributed by atoms with Gasteiger partial charge in [0.1, 0.15) is 17.3 Å². The average Bonchev–Trinajstić information content (AvgIpc) is 3.04. The van der Waals surface area contributed by atoms with Gasteiger partial charge in [-0.1, -0.05) is 11.6 Å². The zero-order chi connectivity index (χ0) is 18.7. The first kappa shape index (κ1) is 18.0. The van der Waals surface area contributed by atoms with E-state index in [1.807, 2.05) is 0 Å². The normalized spacial score (nSPS) is 16.5. The molecule has 8 heteroatoms. The fourth-order valence-electron chi connectivity index (χ4n) is 2.80. The number of pyridine rings is 1.